The van der Waals surface area contributed by atoms with Crippen molar-refractivity contribution < 1.29 is 19.1 Å². The van der Waals surface area contributed by atoms with E-state index >= 15 is 0 Å². The summed E-state index contributed by atoms with van der Waals surface area (Å²) in [6, 6.07) is 3.12. The topological polar surface area (TPSA) is 57.6 Å². The van der Waals surface area contributed by atoms with E-state index in [0.717, 1.165) is 4.90 Å². The lowest BCUT2D eigenvalue weighted by Gasteiger charge is -2.20. The first kappa shape index (κ1) is 14.6. The molecule has 0 aliphatic rings. The maximum absolute atomic E-state index is 13.9. The Kier molecular flexibility index (Phi) is 4.84. The van der Waals surface area contributed by atoms with E-state index in [-0.39, 0.29) is 16.6 Å². The zero-order valence-corrected chi connectivity index (χ0v) is 11.6. The molecule has 0 radical (unpaired) electrons. The van der Waals surface area contributed by atoms with Crippen molar-refractivity contribution in [3.8, 4) is 0 Å². The first-order chi connectivity index (χ1) is 8.38. The number of carboxylic acids is 1. The van der Waals surface area contributed by atoms with Gasteiger partial charge in [0.25, 0.3) is 5.91 Å². The zero-order chi connectivity index (χ0) is 13.9. The number of hydrogen-bond acceptors (Lipinski definition) is 2. The van der Waals surface area contributed by atoms with E-state index in [1.54, 1.807) is 19.9 Å². The van der Waals surface area contributed by atoms with Gasteiger partial charge in [-0.2, -0.15) is 0 Å². The predicted octanol–water partition coefficient (Wildman–Crippen LogP) is 2.44. The molecule has 0 spiro atoms. The van der Waals surface area contributed by atoms with Gasteiger partial charge in [0.15, 0.2) is 0 Å². The summed E-state index contributed by atoms with van der Waals surface area (Å²) in [5.74, 6) is -2.40. The second kappa shape index (κ2) is 5.95. The number of nitrogens with zero attached hydrogens (tertiary/aromatic N) is 1. The molecule has 0 bridgehead atoms. The van der Waals surface area contributed by atoms with Gasteiger partial charge in [0.2, 0.25) is 0 Å². The number of aliphatic carboxylic acids is 1. The number of aryl methyl sites for hydroxylation is 1. The molecule has 0 saturated heterocycles. The van der Waals surface area contributed by atoms with Crippen molar-refractivity contribution >= 4 is 27.8 Å². The molecule has 0 fully saturated rings. The standard InChI is InChI=1S/C12H13BrFNO3/c1-3-15(6-9(16)17)12(18)10-7(2)4-5-8(13)11(10)14/h4-5H,3,6H2,1-2H3,(H,16,17). The zero-order valence-electron chi connectivity index (χ0n) is 10.0. The first-order valence-electron chi connectivity index (χ1n) is 5.34. The lowest BCUT2D eigenvalue weighted by molar-refractivity contribution is -0.137. The number of carboxylic acid groups (broad SMARTS) is 1. The van der Waals surface area contributed by atoms with Gasteiger partial charge in [-0.3, -0.25) is 9.59 Å². The molecule has 1 N–H and O–H groups in total. The van der Waals surface area contributed by atoms with Gasteiger partial charge in [0.1, 0.15) is 12.4 Å². The van der Waals surface area contributed by atoms with Crippen LogP contribution in [-0.2, 0) is 4.79 Å². The van der Waals surface area contributed by atoms with Gasteiger partial charge in [-0.05, 0) is 41.4 Å². The molecule has 0 saturated carbocycles. The summed E-state index contributed by atoms with van der Waals surface area (Å²) in [4.78, 5) is 23.8. The highest BCUT2D eigenvalue weighted by atomic mass is 79.9. The van der Waals surface area contributed by atoms with Crippen molar-refractivity contribution in [2.24, 2.45) is 0 Å². The molecule has 0 aromatic heterocycles. The van der Waals surface area contributed by atoms with E-state index in [1.165, 1.54) is 6.07 Å². The van der Waals surface area contributed by atoms with E-state index in [0.29, 0.717) is 5.56 Å². The van der Waals surface area contributed by atoms with Crippen LogP contribution in [0.15, 0.2) is 16.6 Å². The van der Waals surface area contributed by atoms with Crippen LogP contribution in [0.5, 0.6) is 0 Å². The molecule has 6 heteroatoms. The van der Waals surface area contributed by atoms with Crippen molar-refractivity contribution in [2.75, 3.05) is 13.1 Å². The summed E-state index contributed by atoms with van der Waals surface area (Å²) in [6.07, 6.45) is 0. The Bertz CT molecular complexity index is 490. The maximum atomic E-state index is 13.9. The number of likely N-dealkylation sites (N-methyl/N-ethyl adjacent to an activating group) is 1. The Labute approximate surface area is 113 Å². The average molecular weight is 318 g/mol. The van der Waals surface area contributed by atoms with Crippen molar-refractivity contribution in [3.63, 3.8) is 0 Å². The SMILES string of the molecule is CCN(CC(=O)O)C(=O)c1c(C)ccc(Br)c1F. The number of halogens is 2. The largest absolute Gasteiger partial charge is 0.480 e. The summed E-state index contributed by atoms with van der Waals surface area (Å²) >= 11 is 3.01. The monoisotopic (exact) mass is 317 g/mol. The van der Waals surface area contributed by atoms with Crippen LogP contribution in [0.25, 0.3) is 0 Å². The molecule has 98 valence electrons. The van der Waals surface area contributed by atoms with E-state index in [9.17, 15) is 14.0 Å². The fourth-order valence-electron chi connectivity index (χ4n) is 1.56. The smallest absolute Gasteiger partial charge is 0.323 e. The van der Waals surface area contributed by atoms with Crippen LogP contribution < -0.4 is 0 Å². The third kappa shape index (κ3) is 3.07. The second-order valence-electron chi connectivity index (χ2n) is 3.77. The minimum atomic E-state index is -1.13. The molecule has 0 unspecified atom stereocenters. The van der Waals surface area contributed by atoms with E-state index in [4.69, 9.17) is 5.11 Å². The van der Waals surface area contributed by atoms with Gasteiger partial charge in [-0.1, -0.05) is 6.07 Å². The molecule has 1 rings (SSSR count). The average Bonchev–Trinajstić information content (AvgIpc) is 2.31. The van der Waals surface area contributed by atoms with Gasteiger partial charge in [-0.25, -0.2) is 4.39 Å². The van der Waals surface area contributed by atoms with Gasteiger partial charge in [0.05, 0.1) is 10.0 Å². The van der Waals surface area contributed by atoms with E-state index < -0.39 is 24.2 Å². The Balaban J connectivity index is 3.17. The number of carbonyl (C=O) groups is 2. The molecule has 1 aromatic rings. The van der Waals surface area contributed by atoms with Crippen molar-refractivity contribution in [1.82, 2.24) is 4.90 Å². The molecule has 18 heavy (non-hydrogen) atoms. The Morgan fingerprint density at radius 2 is 2.06 bits per heavy atom. The van der Waals surface area contributed by atoms with Crippen LogP contribution in [0.2, 0.25) is 0 Å². The molecule has 0 heterocycles. The summed E-state index contributed by atoms with van der Waals surface area (Å²) in [6.45, 7) is 3.01. The van der Waals surface area contributed by atoms with Gasteiger partial charge in [-0.15, -0.1) is 0 Å². The molecule has 0 aliphatic heterocycles. The first-order valence-corrected chi connectivity index (χ1v) is 6.13. The highest BCUT2D eigenvalue weighted by Crippen LogP contribution is 2.23. The highest BCUT2D eigenvalue weighted by Gasteiger charge is 2.23. The molecule has 0 atom stereocenters. The number of benzene rings is 1. The Morgan fingerprint density at radius 3 is 2.56 bits per heavy atom. The van der Waals surface area contributed by atoms with Crippen LogP contribution in [0.3, 0.4) is 0 Å². The fourth-order valence-corrected chi connectivity index (χ4v) is 1.89. The van der Waals surface area contributed by atoms with Crippen LogP contribution in [0.4, 0.5) is 4.39 Å². The molecule has 0 aliphatic carbocycles. The lowest BCUT2D eigenvalue weighted by Crippen LogP contribution is -2.36. The molecular formula is C12H13BrFNO3. The Hall–Kier alpha value is -1.43. The molecule has 1 aromatic carbocycles. The molecule has 1 amide bonds. The van der Waals surface area contributed by atoms with Gasteiger partial charge >= 0.3 is 5.97 Å². The number of hydrogen-bond donors (Lipinski definition) is 1. The second-order valence-corrected chi connectivity index (χ2v) is 4.62. The summed E-state index contributed by atoms with van der Waals surface area (Å²) < 4.78 is 14.1. The van der Waals surface area contributed by atoms with Crippen LogP contribution in [-0.4, -0.2) is 35.0 Å². The number of carbonyl (C=O) groups excluding carboxylic acids is 1. The van der Waals surface area contributed by atoms with Crippen molar-refractivity contribution in [3.05, 3.63) is 33.5 Å². The number of rotatable bonds is 4. The fraction of sp³-hybridized carbons (Fsp3) is 0.333. The third-order valence-corrected chi connectivity index (χ3v) is 3.12. The predicted molar refractivity (Wildman–Crippen MR) is 68.1 cm³/mol. The maximum Gasteiger partial charge on any atom is 0.323 e. The van der Waals surface area contributed by atoms with Crippen LogP contribution in [0, 0.1) is 12.7 Å². The summed E-state index contributed by atoms with van der Waals surface area (Å²) in [5.41, 5.74) is 0.386. The minimum Gasteiger partial charge on any atom is -0.480 e. The quantitative estimate of drug-likeness (QED) is 0.928. The van der Waals surface area contributed by atoms with Crippen molar-refractivity contribution in [2.45, 2.75) is 13.8 Å². The lowest BCUT2D eigenvalue weighted by atomic mass is 10.1. The third-order valence-electron chi connectivity index (χ3n) is 2.51. The normalized spacial score (nSPS) is 10.2. The van der Waals surface area contributed by atoms with Gasteiger partial charge < -0.3 is 10.0 Å². The number of amides is 1. The highest BCUT2D eigenvalue weighted by molar-refractivity contribution is 9.10. The molecule has 4 nitrogen and oxygen atoms in total. The summed E-state index contributed by atoms with van der Waals surface area (Å²) in [7, 11) is 0. The molecular weight excluding hydrogens is 305 g/mol. The van der Waals surface area contributed by atoms with Crippen LogP contribution >= 0.6 is 15.9 Å². The van der Waals surface area contributed by atoms with Crippen LogP contribution in [0.1, 0.15) is 22.8 Å². The van der Waals surface area contributed by atoms with E-state index in [2.05, 4.69) is 15.9 Å². The Morgan fingerprint density at radius 1 is 1.44 bits per heavy atom. The van der Waals surface area contributed by atoms with Crippen molar-refractivity contribution in [1.29, 1.82) is 0 Å². The summed E-state index contributed by atoms with van der Waals surface area (Å²) in [5, 5.41) is 8.71. The van der Waals surface area contributed by atoms with Gasteiger partial charge in [0, 0.05) is 6.54 Å². The minimum absolute atomic E-state index is 0.0903. The van der Waals surface area contributed by atoms with E-state index in [1.807, 2.05) is 0 Å².